The van der Waals surface area contributed by atoms with Gasteiger partial charge in [-0.1, -0.05) is 140 Å². The van der Waals surface area contributed by atoms with Crippen molar-refractivity contribution in [3.05, 3.63) is 182 Å². The standard InChI is InChI=1S/C24H14S2.C12H9BO2S.C12H7BrS.CH3/c1-3-13-21-15(7-1)17-9-5-11-19(23(17)25-21)20-12-6-10-18-16-8-2-4-14-22(16)26-24(18)20;14-13(15)10-6-3-5-9-8-4-1-2-7-11(8)16-12(9)10;13-10-6-3-5-9-8-4-1-2-7-11(8)14-12(9)10;/h1-14H;1-7,14-15H;1-7H;1H3/q;;;-1. The first-order valence-corrected chi connectivity index (χ1v) is 22.2. The first-order chi connectivity index (χ1) is 27.5. The van der Waals surface area contributed by atoms with Crippen LogP contribution in [0.4, 0.5) is 0 Å². The Morgan fingerprint density at radius 3 is 1.09 bits per heavy atom. The Morgan fingerprint density at radius 2 is 0.649 bits per heavy atom. The van der Waals surface area contributed by atoms with Crippen LogP contribution in [0.5, 0.6) is 0 Å². The lowest BCUT2D eigenvalue weighted by Gasteiger charge is -2.05. The molecule has 12 aromatic rings. The highest BCUT2D eigenvalue weighted by Gasteiger charge is 2.17. The van der Waals surface area contributed by atoms with E-state index >= 15 is 0 Å². The highest BCUT2D eigenvalue weighted by molar-refractivity contribution is 9.10. The van der Waals surface area contributed by atoms with Crippen molar-refractivity contribution in [2.45, 2.75) is 0 Å². The van der Waals surface area contributed by atoms with Crippen LogP contribution in [0.15, 0.2) is 174 Å². The Bertz CT molecular complexity index is 3280. The number of hydrogen-bond donors (Lipinski definition) is 2. The molecule has 0 bridgehead atoms. The SMILES string of the molecule is Brc1cccc2c1sc1ccccc12.OB(O)c1cccc2c1sc1ccccc12.[CH3-].c1ccc2c(c1)sc1c(-c3cccc4c3sc3ccccc34)cccc12. The Balaban J connectivity index is 0.000000118. The zero-order chi connectivity index (χ0) is 37.8. The zero-order valence-electron chi connectivity index (χ0n) is 30.6. The molecule has 8 heteroatoms. The molecule has 0 fully saturated rings. The van der Waals surface area contributed by atoms with E-state index in [1.165, 1.54) is 86.2 Å². The van der Waals surface area contributed by atoms with Gasteiger partial charge in [0.05, 0.1) is 0 Å². The molecule has 0 saturated carbocycles. The van der Waals surface area contributed by atoms with E-state index in [2.05, 4.69) is 149 Å². The van der Waals surface area contributed by atoms with E-state index in [1.54, 1.807) is 17.4 Å². The van der Waals surface area contributed by atoms with Gasteiger partial charge in [-0.05, 0) is 57.1 Å². The quantitative estimate of drug-likeness (QED) is 0.134. The lowest BCUT2D eigenvalue weighted by Crippen LogP contribution is -2.29. The minimum absolute atomic E-state index is 0. The van der Waals surface area contributed by atoms with Crippen LogP contribution in [-0.4, -0.2) is 17.2 Å². The van der Waals surface area contributed by atoms with Crippen molar-refractivity contribution in [3.63, 3.8) is 0 Å². The highest BCUT2D eigenvalue weighted by Crippen LogP contribution is 2.45. The lowest BCUT2D eigenvalue weighted by atomic mass is 9.80. The van der Waals surface area contributed by atoms with Crippen LogP contribution in [0.1, 0.15) is 0 Å². The average molecular weight is 873 g/mol. The maximum absolute atomic E-state index is 9.31. The van der Waals surface area contributed by atoms with E-state index in [0.717, 1.165) is 10.1 Å². The molecule has 0 atom stereocenters. The van der Waals surface area contributed by atoms with Crippen molar-refractivity contribution in [1.29, 1.82) is 0 Å². The minimum Gasteiger partial charge on any atom is -0.423 e. The normalized spacial score (nSPS) is 11.3. The van der Waals surface area contributed by atoms with Crippen LogP contribution >= 0.6 is 61.3 Å². The van der Waals surface area contributed by atoms with Gasteiger partial charge in [0.2, 0.25) is 0 Å². The van der Waals surface area contributed by atoms with Gasteiger partial charge in [0, 0.05) is 90.9 Å². The number of rotatable bonds is 2. The number of benzene rings is 8. The number of thiophene rings is 4. The van der Waals surface area contributed by atoms with Crippen LogP contribution in [0, 0.1) is 7.43 Å². The molecule has 2 N–H and O–H groups in total. The summed E-state index contributed by atoms with van der Waals surface area (Å²) in [5.41, 5.74) is 3.28. The summed E-state index contributed by atoms with van der Waals surface area (Å²) in [6.45, 7) is 0. The molecule has 0 aliphatic rings. The monoisotopic (exact) mass is 871 g/mol. The van der Waals surface area contributed by atoms with Gasteiger partial charge in [-0.15, -0.1) is 45.3 Å². The lowest BCUT2D eigenvalue weighted by molar-refractivity contribution is 0.426. The van der Waals surface area contributed by atoms with Gasteiger partial charge in [-0.25, -0.2) is 0 Å². The summed E-state index contributed by atoms with van der Waals surface area (Å²) in [5.74, 6) is 0. The molecular weight excluding hydrogens is 840 g/mol. The van der Waals surface area contributed by atoms with Crippen LogP contribution in [0.25, 0.3) is 91.8 Å². The third-order valence-corrected chi connectivity index (χ3v) is 16.0. The summed E-state index contributed by atoms with van der Waals surface area (Å²) in [7, 11) is -1.41. The minimum atomic E-state index is -1.41. The number of halogens is 1. The molecule has 4 heterocycles. The second-order valence-electron chi connectivity index (χ2n) is 13.5. The molecule has 0 aliphatic heterocycles. The van der Waals surface area contributed by atoms with Gasteiger partial charge in [0.25, 0.3) is 0 Å². The molecule has 0 radical (unpaired) electrons. The van der Waals surface area contributed by atoms with Crippen molar-refractivity contribution >= 4 is 155 Å². The van der Waals surface area contributed by atoms with E-state index in [4.69, 9.17) is 0 Å². The summed E-state index contributed by atoms with van der Waals surface area (Å²) in [4.78, 5) is 0. The third-order valence-electron chi connectivity index (χ3n) is 10.2. The van der Waals surface area contributed by atoms with Gasteiger partial charge in [0.15, 0.2) is 0 Å². The van der Waals surface area contributed by atoms with E-state index < -0.39 is 7.12 Å². The van der Waals surface area contributed by atoms with Crippen molar-refractivity contribution in [3.8, 4) is 11.1 Å². The van der Waals surface area contributed by atoms with Crippen LogP contribution < -0.4 is 5.46 Å². The molecule has 57 heavy (non-hydrogen) atoms. The molecule has 4 aromatic heterocycles. The smallest absolute Gasteiger partial charge is 0.423 e. The van der Waals surface area contributed by atoms with Gasteiger partial charge in [-0.3, -0.25) is 0 Å². The van der Waals surface area contributed by atoms with Crippen molar-refractivity contribution < 1.29 is 10.0 Å². The predicted octanol–water partition coefficient (Wildman–Crippen LogP) is 15.1. The first kappa shape index (κ1) is 37.7. The predicted molar refractivity (Wildman–Crippen MR) is 260 cm³/mol. The zero-order valence-corrected chi connectivity index (χ0v) is 35.5. The van der Waals surface area contributed by atoms with Crippen molar-refractivity contribution in [2.75, 3.05) is 0 Å². The van der Waals surface area contributed by atoms with Crippen LogP contribution in [0.2, 0.25) is 0 Å². The van der Waals surface area contributed by atoms with Crippen molar-refractivity contribution in [2.24, 2.45) is 0 Å². The molecule has 0 spiro atoms. The topological polar surface area (TPSA) is 40.5 Å². The second-order valence-corrected chi connectivity index (χ2v) is 18.5. The molecule has 0 aliphatic carbocycles. The van der Waals surface area contributed by atoms with Gasteiger partial charge in [-0.2, -0.15) is 0 Å². The Morgan fingerprint density at radius 1 is 0.333 bits per heavy atom. The van der Waals surface area contributed by atoms with E-state index in [0.29, 0.717) is 5.46 Å². The molecule has 8 aromatic carbocycles. The molecule has 276 valence electrons. The van der Waals surface area contributed by atoms with E-state index in [1.807, 2.05) is 64.3 Å². The first-order valence-electron chi connectivity index (χ1n) is 18.2. The summed E-state index contributed by atoms with van der Waals surface area (Å²) in [6, 6.07) is 59.5. The molecular formula is C49H33BBrO2S4-. The molecule has 0 unspecified atom stereocenters. The molecule has 0 amide bonds. The van der Waals surface area contributed by atoms with Crippen LogP contribution in [0.3, 0.4) is 0 Å². The van der Waals surface area contributed by atoms with Gasteiger partial charge >= 0.3 is 7.12 Å². The Hall–Kier alpha value is -4.90. The maximum Gasteiger partial charge on any atom is 0.489 e. The Labute approximate surface area is 354 Å². The summed E-state index contributed by atoms with van der Waals surface area (Å²) >= 11 is 10.8. The summed E-state index contributed by atoms with van der Waals surface area (Å²) in [5, 5.41) is 29.0. The fourth-order valence-corrected chi connectivity index (χ4v) is 13.0. The molecule has 12 rings (SSSR count). The number of fused-ring (bicyclic) bond motifs is 12. The van der Waals surface area contributed by atoms with Gasteiger partial charge in [0.1, 0.15) is 0 Å². The summed E-state index contributed by atoms with van der Waals surface area (Å²) < 4.78 is 11.5. The average Bonchev–Trinajstić information content (AvgIpc) is 4.02. The summed E-state index contributed by atoms with van der Waals surface area (Å²) in [6.07, 6.45) is 0. The Kier molecular flexibility index (Phi) is 10.4. The van der Waals surface area contributed by atoms with Gasteiger partial charge < -0.3 is 17.5 Å². The van der Waals surface area contributed by atoms with Crippen LogP contribution in [-0.2, 0) is 0 Å². The fourth-order valence-electron chi connectivity index (χ4n) is 7.60. The number of hydrogen-bond acceptors (Lipinski definition) is 6. The van der Waals surface area contributed by atoms with E-state index in [-0.39, 0.29) is 7.43 Å². The fraction of sp³-hybridized carbons (Fsp3) is 0. The second kappa shape index (κ2) is 15.8. The van der Waals surface area contributed by atoms with E-state index in [9.17, 15) is 10.0 Å². The van der Waals surface area contributed by atoms with Crippen molar-refractivity contribution in [1.82, 2.24) is 0 Å². The largest absolute Gasteiger partial charge is 0.489 e. The molecule has 0 saturated heterocycles. The molecule has 2 nitrogen and oxygen atoms in total. The third kappa shape index (κ3) is 6.75. The highest BCUT2D eigenvalue weighted by atomic mass is 79.9. The maximum atomic E-state index is 9.31.